The van der Waals surface area contributed by atoms with Crippen molar-refractivity contribution >= 4 is 17.2 Å². The molecule has 1 aliphatic carbocycles. The second kappa shape index (κ2) is 6.96. The van der Waals surface area contributed by atoms with Gasteiger partial charge in [-0.3, -0.25) is 4.79 Å². The van der Waals surface area contributed by atoms with Crippen molar-refractivity contribution < 1.29 is 4.79 Å². The number of carbonyl (C=O) groups is 1. The number of carbonyl (C=O) groups excluding carboxylic acids is 1. The largest absolute Gasteiger partial charge is 0.340 e. The van der Waals surface area contributed by atoms with E-state index >= 15 is 0 Å². The van der Waals surface area contributed by atoms with E-state index in [1.165, 1.54) is 12.8 Å². The van der Waals surface area contributed by atoms with Crippen LogP contribution in [0.1, 0.15) is 59.6 Å². The topological polar surface area (TPSA) is 56.0 Å². The van der Waals surface area contributed by atoms with Crippen molar-refractivity contribution in [1.82, 2.24) is 24.0 Å². The highest BCUT2D eigenvalue weighted by atomic mass is 32.1. The summed E-state index contributed by atoms with van der Waals surface area (Å²) in [6.07, 6.45) is 10.4. The number of hydrogen-bond donors (Lipinski definition) is 0. The molecule has 7 heteroatoms. The first-order valence-corrected chi connectivity index (χ1v) is 10.6. The van der Waals surface area contributed by atoms with Gasteiger partial charge < -0.3 is 14.0 Å². The molecule has 1 saturated heterocycles. The van der Waals surface area contributed by atoms with Crippen LogP contribution in [0, 0.1) is 0 Å². The van der Waals surface area contributed by atoms with Gasteiger partial charge in [0.05, 0.1) is 17.7 Å². The van der Waals surface area contributed by atoms with Gasteiger partial charge >= 0.3 is 0 Å². The van der Waals surface area contributed by atoms with Crippen LogP contribution in [-0.4, -0.2) is 43.0 Å². The summed E-state index contributed by atoms with van der Waals surface area (Å²) in [7, 11) is 0. The Balaban J connectivity index is 1.33. The van der Waals surface area contributed by atoms with Gasteiger partial charge in [0, 0.05) is 49.0 Å². The number of piperidine rings is 1. The van der Waals surface area contributed by atoms with Crippen LogP contribution in [0.25, 0.3) is 0 Å². The summed E-state index contributed by atoms with van der Waals surface area (Å²) >= 11 is 1.61. The highest BCUT2D eigenvalue weighted by Crippen LogP contribution is 2.36. The first-order chi connectivity index (χ1) is 13.3. The average Bonchev–Trinajstić information content (AvgIpc) is 3.09. The standard InChI is InChI=1S/C20H23N5OS/c26-20(18-4-2-9-25(18)17-5-6-17)24-8-1-3-15(11-24)19-21-7-10-23(19)12-16-13-27-14-22-16/h2,4,7,9-10,13-15,17H,1,3,5-6,8,11-12H2. The van der Waals surface area contributed by atoms with Gasteiger partial charge in [-0.25, -0.2) is 9.97 Å². The fraction of sp³-hybridized carbons (Fsp3) is 0.450. The van der Waals surface area contributed by atoms with Crippen molar-refractivity contribution in [1.29, 1.82) is 0 Å². The fourth-order valence-electron chi connectivity index (χ4n) is 4.08. The normalized spacial score (nSPS) is 20.1. The van der Waals surface area contributed by atoms with Crippen molar-refractivity contribution in [3.8, 4) is 0 Å². The van der Waals surface area contributed by atoms with E-state index in [1.54, 1.807) is 11.3 Å². The molecule has 3 aromatic heterocycles. The molecule has 1 atom stereocenters. The number of imidazole rings is 1. The minimum absolute atomic E-state index is 0.161. The lowest BCUT2D eigenvalue weighted by atomic mass is 9.96. The predicted octanol–water partition coefficient (Wildman–Crippen LogP) is 3.54. The second-order valence-electron chi connectivity index (χ2n) is 7.52. The summed E-state index contributed by atoms with van der Waals surface area (Å²) in [6.45, 7) is 2.31. The quantitative estimate of drug-likeness (QED) is 0.679. The second-order valence-corrected chi connectivity index (χ2v) is 8.23. The highest BCUT2D eigenvalue weighted by molar-refractivity contribution is 7.07. The van der Waals surface area contributed by atoms with Crippen LogP contribution in [0.3, 0.4) is 0 Å². The van der Waals surface area contributed by atoms with Gasteiger partial charge in [0.1, 0.15) is 11.5 Å². The van der Waals surface area contributed by atoms with E-state index in [-0.39, 0.29) is 11.8 Å². The van der Waals surface area contributed by atoms with Gasteiger partial charge in [-0.15, -0.1) is 11.3 Å². The average molecular weight is 382 g/mol. The zero-order valence-corrected chi connectivity index (χ0v) is 16.0. The number of likely N-dealkylation sites (tertiary alicyclic amines) is 1. The molecule has 1 aliphatic heterocycles. The molecule has 6 nitrogen and oxygen atoms in total. The van der Waals surface area contributed by atoms with Crippen LogP contribution in [-0.2, 0) is 6.54 Å². The van der Waals surface area contributed by atoms with Gasteiger partial charge in [-0.2, -0.15) is 0 Å². The van der Waals surface area contributed by atoms with Crippen LogP contribution in [0.5, 0.6) is 0 Å². The lowest BCUT2D eigenvalue weighted by Gasteiger charge is -2.33. The molecule has 0 aromatic carbocycles. The molecule has 2 fully saturated rings. The van der Waals surface area contributed by atoms with Crippen molar-refractivity contribution in [2.75, 3.05) is 13.1 Å². The van der Waals surface area contributed by atoms with Crippen molar-refractivity contribution in [3.63, 3.8) is 0 Å². The van der Waals surface area contributed by atoms with Gasteiger partial charge in [-0.05, 0) is 37.8 Å². The minimum atomic E-state index is 0.161. The SMILES string of the molecule is O=C(c1cccn1C1CC1)N1CCCC(c2nccn2Cc2cscn2)C1. The summed E-state index contributed by atoms with van der Waals surface area (Å²) in [6, 6.07) is 4.48. The van der Waals surface area contributed by atoms with E-state index in [0.29, 0.717) is 6.04 Å². The van der Waals surface area contributed by atoms with Gasteiger partial charge in [-0.1, -0.05) is 0 Å². The molecule has 2 aliphatic rings. The van der Waals surface area contributed by atoms with Crippen molar-refractivity contribution in [3.05, 3.63) is 58.8 Å². The molecule has 0 bridgehead atoms. The fourth-order valence-corrected chi connectivity index (χ4v) is 4.63. The molecule has 140 valence electrons. The molecule has 1 saturated carbocycles. The van der Waals surface area contributed by atoms with Crippen LogP contribution in [0.4, 0.5) is 0 Å². The number of aromatic nitrogens is 4. The molecule has 27 heavy (non-hydrogen) atoms. The van der Waals surface area contributed by atoms with E-state index in [1.807, 2.05) is 41.1 Å². The minimum Gasteiger partial charge on any atom is -0.340 e. The first-order valence-electron chi connectivity index (χ1n) is 9.64. The summed E-state index contributed by atoms with van der Waals surface area (Å²) in [5.41, 5.74) is 3.76. The molecular formula is C20H23N5OS. The van der Waals surface area contributed by atoms with E-state index in [0.717, 1.165) is 49.7 Å². The molecule has 3 aromatic rings. The Hall–Kier alpha value is -2.41. The summed E-state index contributed by atoms with van der Waals surface area (Å²) < 4.78 is 4.34. The Morgan fingerprint density at radius 3 is 2.96 bits per heavy atom. The Morgan fingerprint density at radius 2 is 2.15 bits per heavy atom. The zero-order chi connectivity index (χ0) is 18.2. The third kappa shape index (κ3) is 3.32. The Labute approximate surface area is 162 Å². The maximum Gasteiger partial charge on any atom is 0.270 e. The van der Waals surface area contributed by atoms with E-state index in [9.17, 15) is 4.79 Å². The van der Waals surface area contributed by atoms with E-state index in [4.69, 9.17) is 0 Å². The molecule has 0 radical (unpaired) electrons. The van der Waals surface area contributed by atoms with Crippen LogP contribution in [0.15, 0.2) is 41.6 Å². The number of rotatable bonds is 5. The Morgan fingerprint density at radius 1 is 1.22 bits per heavy atom. The first kappa shape index (κ1) is 16.7. The monoisotopic (exact) mass is 381 g/mol. The number of amides is 1. The number of hydrogen-bond acceptors (Lipinski definition) is 4. The predicted molar refractivity (Wildman–Crippen MR) is 104 cm³/mol. The molecular weight excluding hydrogens is 358 g/mol. The summed E-state index contributed by atoms with van der Waals surface area (Å²) in [5.74, 6) is 1.51. The Bertz CT molecular complexity index is 924. The van der Waals surface area contributed by atoms with Gasteiger partial charge in [0.15, 0.2) is 0 Å². The maximum absolute atomic E-state index is 13.1. The van der Waals surface area contributed by atoms with Gasteiger partial charge in [0.25, 0.3) is 5.91 Å². The molecule has 4 heterocycles. The van der Waals surface area contributed by atoms with Crippen LogP contribution in [0.2, 0.25) is 0 Å². The van der Waals surface area contributed by atoms with E-state index in [2.05, 4.69) is 24.5 Å². The van der Waals surface area contributed by atoms with Crippen molar-refractivity contribution in [2.24, 2.45) is 0 Å². The lowest BCUT2D eigenvalue weighted by molar-refractivity contribution is 0.0692. The molecule has 0 spiro atoms. The molecule has 5 rings (SSSR count). The summed E-state index contributed by atoms with van der Waals surface area (Å²) in [5, 5.41) is 2.08. The third-order valence-electron chi connectivity index (χ3n) is 5.58. The number of thiazole rings is 1. The maximum atomic E-state index is 13.1. The van der Waals surface area contributed by atoms with Gasteiger partial charge in [0.2, 0.25) is 0 Å². The van der Waals surface area contributed by atoms with Crippen LogP contribution >= 0.6 is 11.3 Å². The zero-order valence-electron chi connectivity index (χ0n) is 15.2. The molecule has 1 unspecified atom stereocenters. The highest BCUT2D eigenvalue weighted by Gasteiger charge is 2.32. The van der Waals surface area contributed by atoms with Crippen molar-refractivity contribution in [2.45, 2.75) is 44.2 Å². The Kier molecular flexibility index (Phi) is 4.32. The third-order valence-corrected chi connectivity index (χ3v) is 6.21. The number of nitrogens with zero attached hydrogens (tertiary/aromatic N) is 5. The smallest absolute Gasteiger partial charge is 0.270 e. The molecule has 0 N–H and O–H groups in total. The van der Waals surface area contributed by atoms with Crippen LogP contribution < -0.4 is 0 Å². The lowest BCUT2D eigenvalue weighted by Crippen LogP contribution is -2.40. The summed E-state index contributed by atoms with van der Waals surface area (Å²) in [4.78, 5) is 24.2. The van der Waals surface area contributed by atoms with E-state index < -0.39 is 0 Å². The molecule has 1 amide bonds.